The van der Waals surface area contributed by atoms with Gasteiger partial charge in [-0.1, -0.05) is 62.4 Å². The molecular weight excluding hydrogens is 416 g/mol. The summed E-state index contributed by atoms with van der Waals surface area (Å²) in [5.41, 5.74) is 7.44. The van der Waals surface area contributed by atoms with Gasteiger partial charge in [0.1, 0.15) is 5.52 Å². The van der Waals surface area contributed by atoms with Crippen LogP contribution in [0.3, 0.4) is 0 Å². The second-order valence-electron chi connectivity index (χ2n) is 9.47. The van der Waals surface area contributed by atoms with E-state index in [1.165, 1.54) is 21.9 Å². The molecule has 3 aromatic carbocycles. The number of furan rings is 1. The molecule has 0 spiro atoms. The molecule has 3 heteroatoms. The van der Waals surface area contributed by atoms with E-state index in [4.69, 9.17) is 14.4 Å². The second-order valence-corrected chi connectivity index (χ2v) is 9.47. The van der Waals surface area contributed by atoms with Crippen molar-refractivity contribution in [3.8, 4) is 11.3 Å². The summed E-state index contributed by atoms with van der Waals surface area (Å²) in [7, 11) is 0. The van der Waals surface area contributed by atoms with Gasteiger partial charge in [0, 0.05) is 28.2 Å². The lowest BCUT2D eigenvalue weighted by Gasteiger charge is -2.11. The minimum absolute atomic E-state index is 0.550. The molecule has 6 aromatic rings. The van der Waals surface area contributed by atoms with Crippen molar-refractivity contribution in [2.24, 2.45) is 5.92 Å². The van der Waals surface area contributed by atoms with Gasteiger partial charge in [-0.2, -0.15) is 0 Å². The highest BCUT2D eigenvalue weighted by atomic mass is 16.3. The first kappa shape index (κ1) is 20.6. The van der Waals surface area contributed by atoms with Crippen LogP contribution in [0.2, 0.25) is 0 Å². The first-order chi connectivity index (χ1) is 16.6. The fourth-order valence-electron chi connectivity index (χ4n) is 4.81. The number of fused-ring (bicyclic) bond motifs is 4. The normalized spacial score (nSPS) is 11.7. The van der Waals surface area contributed by atoms with Gasteiger partial charge in [-0.15, -0.1) is 0 Å². The highest BCUT2D eigenvalue weighted by molar-refractivity contribution is 6.09. The Morgan fingerprint density at radius 2 is 1.65 bits per heavy atom. The molecule has 0 saturated carbocycles. The average molecular weight is 443 g/mol. The van der Waals surface area contributed by atoms with E-state index in [1.807, 2.05) is 12.3 Å². The molecule has 0 saturated heterocycles. The zero-order chi connectivity index (χ0) is 23.1. The van der Waals surface area contributed by atoms with E-state index in [2.05, 4.69) is 86.6 Å². The van der Waals surface area contributed by atoms with Gasteiger partial charge in [0.25, 0.3) is 0 Å². The molecule has 0 atom stereocenters. The van der Waals surface area contributed by atoms with Crippen LogP contribution in [0.4, 0.5) is 0 Å². The largest absolute Gasteiger partial charge is 0.462 e. The lowest BCUT2D eigenvalue weighted by atomic mass is 9.98. The molecule has 0 N–H and O–H groups in total. The Balaban J connectivity index is 1.43. The van der Waals surface area contributed by atoms with Crippen LogP contribution in [0, 0.1) is 5.92 Å². The first-order valence-electron chi connectivity index (χ1n) is 11.9. The number of nitrogens with zero attached hydrogens (tertiary/aromatic N) is 2. The maximum Gasteiger partial charge on any atom is 0.160 e. The van der Waals surface area contributed by atoms with Crippen LogP contribution in [0.25, 0.3) is 43.9 Å². The van der Waals surface area contributed by atoms with Gasteiger partial charge in [-0.25, -0.2) is 4.98 Å². The zero-order valence-corrected chi connectivity index (χ0v) is 19.5. The van der Waals surface area contributed by atoms with Crippen molar-refractivity contribution in [3.05, 3.63) is 108 Å². The first-order valence-corrected chi connectivity index (χ1v) is 11.9. The monoisotopic (exact) mass is 442 g/mol. The maximum atomic E-state index is 5.84. The van der Waals surface area contributed by atoms with Crippen molar-refractivity contribution < 1.29 is 4.42 Å². The number of pyridine rings is 2. The smallest absolute Gasteiger partial charge is 0.160 e. The molecule has 6 rings (SSSR count). The summed E-state index contributed by atoms with van der Waals surface area (Å²) in [6.45, 7) is 4.44. The molecule has 34 heavy (non-hydrogen) atoms. The fraction of sp³-hybridized carbons (Fsp3) is 0.161. The number of benzene rings is 3. The highest BCUT2D eigenvalue weighted by Gasteiger charge is 2.14. The number of rotatable bonds is 5. The van der Waals surface area contributed by atoms with Gasteiger partial charge in [-0.05, 0) is 71.0 Å². The third kappa shape index (κ3) is 3.84. The standard InChI is InChI=1S/C31H26N2O/c1-20(2)15-26-9-10-27-28(19-25-12-14-34-31(25)30(27)33-26)29-18-22(11-13-32-29)16-21-7-8-23-5-3-4-6-24(23)17-21/h3-14,17-20H,15-16H2,1-2H3. The minimum Gasteiger partial charge on any atom is -0.462 e. The zero-order valence-electron chi connectivity index (χ0n) is 19.5. The molecule has 0 fully saturated rings. The summed E-state index contributed by atoms with van der Waals surface area (Å²) >= 11 is 0. The van der Waals surface area contributed by atoms with Gasteiger partial charge >= 0.3 is 0 Å². The topological polar surface area (TPSA) is 38.9 Å². The van der Waals surface area contributed by atoms with E-state index in [0.717, 1.165) is 51.7 Å². The van der Waals surface area contributed by atoms with Crippen molar-refractivity contribution in [1.29, 1.82) is 0 Å². The Kier molecular flexibility index (Phi) is 5.10. The van der Waals surface area contributed by atoms with Gasteiger partial charge in [0.05, 0.1) is 12.0 Å². The van der Waals surface area contributed by atoms with Crippen LogP contribution < -0.4 is 0 Å². The molecule has 3 aromatic heterocycles. The summed E-state index contributed by atoms with van der Waals surface area (Å²) in [6.07, 6.45) is 5.47. The van der Waals surface area contributed by atoms with Crippen molar-refractivity contribution >= 4 is 32.6 Å². The van der Waals surface area contributed by atoms with Crippen molar-refractivity contribution in [2.45, 2.75) is 26.7 Å². The molecule has 0 bridgehead atoms. The molecule has 0 amide bonds. The van der Waals surface area contributed by atoms with E-state index >= 15 is 0 Å². The summed E-state index contributed by atoms with van der Waals surface area (Å²) in [5.74, 6) is 0.550. The summed E-state index contributed by atoms with van der Waals surface area (Å²) in [4.78, 5) is 9.75. The maximum absolute atomic E-state index is 5.84. The predicted molar refractivity (Wildman–Crippen MR) is 140 cm³/mol. The third-order valence-electron chi connectivity index (χ3n) is 6.39. The van der Waals surface area contributed by atoms with Gasteiger partial charge < -0.3 is 4.42 Å². The molecule has 0 aliphatic rings. The summed E-state index contributed by atoms with van der Waals surface area (Å²) in [6, 6.07) is 28.0. The quantitative estimate of drug-likeness (QED) is 0.272. The highest BCUT2D eigenvalue weighted by Crippen LogP contribution is 2.34. The van der Waals surface area contributed by atoms with E-state index < -0.39 is 0 Å². The number of aromatic nitrogens is 2. The van der Waals surface area contributed by atoms with Crippen LogP contribution in [0.5, 0.6) is 0 Å². The van der Waals surface area contributed by atoms with Gasteiger partial charge in [-0.3, -0.25) is 4.98 Å². The molecule has 0 aliphatic heterocycles. The van der Waals surface area contributed by atoms with Gasteiger partial charge in [0.15, 0.2) is 5.58 Å². The number of hydrogen-bond acceptors (Lipinski definition) is 3. The lowest BCUT2D eigenvalue weighted by Crippen LogP contribution is -1.98. The molecule has 0 unspecified atom stereocenters. The molecule has 3 nitrogen and oxygen atoms in total. The average Bonchev–Trinajstić information content (AvgIpc) is 3.32. The van der Waals surface area contributed by atoms with Crippen LogP contribution in [0.1, 0.15) is 30.7 Å². The molecule has 0 radical (unpaired) electrons. The molecule has 0 aliphatic carbocycles. The van der Waals surface area contributed by atoms with Crippen molar-refractivity contribution in [3.63, 3.8) is 0 Å². The minimum atomic E-state index is 0.550. The SMILES string of the molecule is CC(C)Cc1ccc2c(-c3cc(Cc4ccc5ccccc5c4)ccn3)cc3ccoc3c2n1. The molecule has 166 valence electrons. The summed E-state index contributed by atoms with van der Waals surface area (Å²) in [5, 5.41) is 4.67. The van der Waals surface area contributed by atoms with Crippen LogP contribution >= 0.6 is 0 Å². The van der Waals surface area contributed by atoms with Crippen LogP contribution in [-0.2, 0) is 12.8 Å². The van der Waals surface area contributed by atoms with E-state index in [0.29, 0.717) is 5.92 Å². The van der Waals surface area contributed by atoms with Crippen molar-refractivity contribution in [1.82, 2.24) is 9.97 Å². The Morgan fingerprint density at radius 1 is 0.794 bits per heavy atom. The second kappa shape index (κ2) is 8.42. The van der Waals surface area contributed by atoms with Crippen LogP contribution in [-0.4, -0.2) is 9.97 Å². The number of hydrogen-bond donors (Lipinski definition) is 0. The third-order valence-corrected chi connectivity index (χ3v) is 6.39. The summed E-state index contributed by atoms with van der Waals surface area (Å²) < 4.78 is 5.84. The van der Waals surface area contributed by atoms with E-state index in [1.54, 1.807) is 6.26 Å². The molecule has 3 heterocycles. The van der Waals surface area contributed by atoms with E-state index in [-0.39, 0.29) is 0 Å². The van der Waals surface area contributed by atoms with Crippen molar-refractivity contribution in [2.75, 3.05) is 0 Å². The van der Waals surface area contributed by atoms with Crippen LogP contribution in [0.15, 0.2) is 95.7 Å². The lowest BCUT2D eigenvalue weighted by molar-refractivity contribution is 0.616. The van der Waals surface area contributed by atoms with Gasteiger partial charge in [0.2, 0.25) is 0 Å². The Labute approximate surface area is 199 Å². The Morgan fingerprint density at radius 3 is 2.53 bits per heavy atom. The molecular formula is C31H26N2O. The Bertz CT molecular complexity index is 1640. The predicted octanol–water partition coefficient (Wildman–Crippen LogP) is 7.99. The fourth-order valence-corrected chi connectivity index (χ4v) is 4.81. The van der Waals surface area contributed by atoms with E-state index in [9.17, 15) is 0 Å². The Hall–Kier alpha value is -3.98.